The van der Waals surface area contributed by atoms with Crippen molar-refractivity contribution in [3.8, 4) is 0 Å². The summed E-state index contributed by atoms with van der Waals surface area (Å²) >= 11 is 10.8. The van der Waals surface area contributed by atoms with Crippen molar-refractivity contribution in [1.82, 2.24) is 14.4 Å². The van der Waals surface area contributed by atoms with E-state index in [1.807, 2.05) is 19.1 Å². The number of halogens is 2. The van der Waals surface area contributed by atoms with Crippen molar-refractivity contribution in [2.45, 2.75) is 33.4 Å². The first-order chi connectivity index (χ1) is 13.4. The van der Waals surface area contributed by atoms with Crippen molar-refractivity contribution in [2.75, 3.05) is 46.2 Å². The molecule has 1 saturated heterocycles. The summed E-state index contributed by atoms with van der Waals surface area (Å²) in [4.78, 5) is 4.69. The summed E-state index contributed by atoms with van der Waals surface area (Å²) in [5.74, 6) is 0. The Kier molecular flexibility index (Phi) is 11.2. The van der Waals surface area contributed by atoms with Crippen LogP contribution in [0.15, 0.2) is 30.9 Å². The number of aryl methyl sites for hydroxylation is 1. The Bertz CT molecular complexity index is 737. The van der Waals surface area contributed by atoms with Crippen LogP contribution in [0.4, 0.5) is 0 Å². The molecule has 2 aromatic rings. The van der Waals surface area contributed by atoms with Gasteiger partial charge in [0.15, 0.2) is 0 Å². The van der Waals surface area contributed by atoms with Gasteiger partial charge in [0, 0.05) is 60.7 Å². The third-order valence-electron chi connectivity index (χ3n) is 5.06. The zero-order chi connectivity index (χ0) is 21.3. The summed E-state index contributed by atoms with van der Waals surface area (Å²) in [6.45, 7) is 15.1. The van der Waals surface area contributed by atoms with Gasteiger partial charge >= 0.3 is 0 Å². The first-order valence-electron chi connectivity index (χ1n) is 9.66. The number of hydrogen-bond donors (Lipinski definition) is 1. The molecule has 0 aliphatic carbocycles. The SMILES string of the molecule is C=CC.CCl.Cc1c(C)n(CC(O)CN2CCN(C)CC2)c2ccc(Cl)cc12. The second kappa shape index (κ2) is 12.5. The molecule has 3 rings (SSSR count). The number of aliphatic hydroxyl groups excluding tert-OH is 1. The summed E-state index contributed by atoms with van der Waals surface area (Å²) in [6, 6.07) is 5.99. The zero-order valence-corrected chi connectivity index (χ0v) is 19.4. The molecule has 1 aromatic carbocycles. The number of nitrogens with zero attached hydrogens (tertiary/aromatic N) is 3. The number of benzene rings is 1. The van der Waals surface area contributed by atoms with Crippen molar-refractivity contribution < 1.29 is 5.11 Å². The quantitative estimate of drug-likeness (QED) is 0.572. The molecule has 0 bridgehead atoms. The van der Waals surface area contributed by atoms with Gasteiger partial charge in [0.25, 0.3) is 0 Å². The smallest absolute Gasteiger partial charge is 0.0845 e. The van der Waals surface area contributed by atoms with Gasteiger partial charge in [-0.15, -0.1) is 18.2 Å². The minimum atomic E-state index is -0.359. The fourth-order valence-corrected chi connectivity index (χ4v) is 3.63. The largest absolute Gasteiger partial charge is 0.390 e. The van der Waals surface area contributed by atoms with Crippen LogP contribution in [0.3, 0.4) is 0 Å². The highest BCUT2D eigenvalue weighted by atomic mass is 35.5. The fraction of sp³-hybridized carbons (Fsp3) is 0.545. The van der Waals surface area contributed by atoms with Crippen LogP contribution < -0.4 is 0 Å². The van der Waals surface area contributed by atoms with Crippen molar-refractivity contribution >= 4 is 34.1 Å². The topological polar surface area (TPSA) is 31.6 Å². The normalized spacial score (nSPS) is 16.0. The second-order valence-corrected chi connectivity index (χ2v) is 7.58. The van der Waals surface area contributed by atoms with Gasteiger partial charge in [0.05, 0.1) is 12.6 Å². The second-order valence-electron chi connectivity index (χ2n) is 7.15. The lowest BCUT2D eigenvalue weighted by Gasteiger charge is -2.33. The Morgan fingerprint density at radius 3 is 2.29 bits per heavy atom. The molecule has 1 atom stereocenters. The summed E-state index contributed by atoms with van der Waals surface area (Å²) in [5.41, 5.74) is 3.61. The van der Waals surface area contributed by atoms with Crippen LogP contribution in [0.2, 0.25) is 5.02 Å². The van der Waals surface area contributed by atoms with Gasteiger partial charge in [0.2, 0.25) is 0 Å². The maximum Gasteiger partial charge on any atom is 0.0845 e. The number of alkyl halides is 1. The molecule has 1 aliphatic rings. The van der Waals surface area contributed by atoms with Crippen LogP contribution >= 0.6 is 23.2 Å². The van der Waals surface area contributed by atoms with Crippen LogP contribution in [0, 0.1) is 13.8 Å². The van der Waals surface area contributed by atoms with Crippen molar-refractivity contribution in [3.05, 3.63) is 47.1 Å². The van der Waals surface area contributed by atoms with E-state index in [0.29, 0.717) is 6.54 Å². The number of aliphatic hydroxyl groups is 1. The van der Waals surface area contributed by atoms with Crippen molar-refractivity contribution in [3.63, 3.8) is 0 Å². The first-order valence-corrected chi connectivity index (χ1v) is 10.8. The number of aromatic nitrogens is 1. The standard InChI is InChI=1S/C18H26ClN3O.C3H6.CH3Cl/c1-13-14(2)22(18-5-4-15(19)10-17(13)18)12-16(23)11-21-8-6-20(3)7-9-21;1-3-2;1-2/h4-5,10,16,23H,6-9,11-12H2,1-3H3;3H,1H2,2H3;1H3. The Hall–Kier alpha value is -1.04. The molecule has 0 spiro atoms. The average Bonchev–Trinajstić information content (AvgIpc) is 2.90. The van der Waals surface area contributed by atoms with E-state index in [9.17, 15) is 5.11 Å². The van der Waals surface area contributed by atoms with E-state index in [1.54, 1.807) is 6.08 Å². The van der Waals surface area contributed by atoms with E-state index in [1.165, 1.54) is 23.0 Å². The number of likely N-dealkylation sites (N-methyl/N-ethyl adjacent to an activating group) is 1. The molecular formula is C22H35Cl2N3O. The number of piperazine rings is 1. The molecule has 6 heteroatoms. The lowest BCUT2D eigenvalue weighted by atomic mass is 10.2. The predicted molar refractivity (Wildman–Crippen MR) is 124 cm³/mol. The summed E-state index contributed by atoms with van der Waals surface area (Å²) in [7, 11) is 2.15. The average molecular weight is 428 g/mol. The Morgan fingerprint density at radius 1 is 1.14 bits per heavy atom. The molecule has 1 aromatic heterocycles. The molecule has 0 saturated carbocycles. The van der Waals surface area contributed by atoms with E-state index < -0.39 is 0 Å². The molecular weight excluding hydrogens is 393 g/mol. The van der Waals surface area contributed by atoms with E-state index >= 15 is 0 Å². The van der Waals surface area contributed by atoms with E-state index in [0.717, 1.165) is 43.3 Å². The van der Waals surface area contributed by atoms with Gasteiger partial charge in [-0.05, 0) is 51.6 Å². The number of rotatable bonds is 4. The van der Waals surface area contributed by atoms with Gasteiger partial charge in [-0.25, -0.2) is 0 Å². The molecule has 1 N–H and O–H groups in total. The Balaban J connectivity index is 0.000000717. The lowest BCUT2D eigenvalue weighted by Crippen LogP contribution is -2.47. The third-order valence-corrected chi connectivity index (χ3v) is 5.29. The van der Waals surface area contributed by atoms with Crippen LogP contribution in [-0.4, -0.2) is 71.7 Å². The van der Waals surface area contributed by atoms with Gasteiger partial charge in [-0.2, -0.15) is 0 Å². The van der Waals surface area contributed by atoms with Crippen LogP contribution in [0.5, 0.6) is 0 Å². The van der Waals surface area contributed by atoms with Crippen molar-refractivity contribution in [2.24, 2.45) is 0 Å². The summed E-state index contributed by atoms with van der Waals surface area (Å²) in [5, 5.41) is 12.5. The number of β-amino-alcohol motifs (C(OH)–C–C–N with tert-alkyl or cyclic N) is 1. The van der Waals surface area contributed by atoms with Gasteiger partial charge in [-0.3, -0.25) is 4.90 Å². The van der Waals surface area contributed by atoms with Gasteiger partial charge in [-0.1, -0.05) is 17.7 Å². The Labute approximate surface area is 180 Å². The van der Waals surface area contributed by atoms with E-state index in [4.69, 9.17) is 11.6 Å². The maximum atomic E-state index is 10.6. The maximum absolute atomic E-state index is 10.6. The highest BCUT2D eigenvalue weighted by molar-refractivity contribution is 6.31. The highest BCUT2D eigenvalue weighted by Gasteiger charge is 2.19. The molecule has 1 fully saturated rings. The van der Waals surface area contributed by atoms with Crippen LogP contribution in [0.1, 0.15) is 18.2 Å². The molecule has 0 radical (unpaired) electrons. The minimum Gasteiger partial charge on any atom is -0.390 e. The van der Waals surface area contributed by atoms with Crippen LogP contribution in [0.25, 0.3) is 10.9 Å². The number of fused-ring (bicyclic) bond motifs is 1. The van der Waals surface area contributed by atoms with Crippen molar-refractivity contribution in [1.29, 1.82) is 0 Å². The monoisotopic (exact) mass is 427 g/mol. The molecule has 4 nitrogen and oxygen atoms in total. The van der Waals surface area contributed by atoms with E-state index in [2.05, 4.69) is 59.5 Å². The molecule has 158 valence electrons. The highest BCUT2D eigenvalue weighted by Crippen LogP contribution is 2.28. The predicted octanol–water partition coefficient (Wildman–Crippen LogP) is 4.57. The molecule has 2 heterocycles. The minimum absolute atomic E-state index is 0.359. The number of allylic oxidation sites excluding steroid dienone is 1. The zero-order valence-electron chi connectivity index (χ0n) is 17.9. The van der Waals surface area contributed by atoms with Gasteiger partial charge in [0.1, 0.15) is 0 Å². The summed E-state index contributed by atoms with van der Waals surface area (Å²) in [6.07, 6.45) is 2.86. The molecule has 0 amide bonds. The molecule has 28 heavy (non-hydrogen) atoms. The van der Waals surface area contributed by atoms with Crippen LogP contribution in [-0.2, 0) is 6.54 Å². The summed E-state index contributed by atoms with van der Waals surface area (Å²) < 4.78 is 2.22. The first kappa shape index (κ1) is 25.0. The Morgan fingerprint density at radius 2 is 1.71 bits per heavy atom. The van der Waals surface area contributed by atoms with Gasteiger partial charge < -0.3 is 14.6 Å². The molecule has 1 unspecified atom stereocenters. The molecule has 1 aliphatic heterocycles. The van der Waals surface area contributed by atoms with E-state index in [-0.39, 0.29) is 6.10 Å². The number of hydrogen-bond acceptors (Lipinski definition) is 3. The third kappa shape index (κ3) is 6.78. The fourth-order valence-electron chi connectivity index (χ4n) is 3.45. The lowest BCUT2D eigenvalue weighted by molar-refractivity contribution is 0.0714.